The lowest BCUT2D eigenvalue weighted by Gasteiger charge is -2.23. The Labute approximate surface area is 145 Å². The summed E-state index contributed by atoms with van der Waals surface area (Å²) >= 11 is 5.10. The third-order valence-corrected chi connectivity index (χ3v) is 4.21. The lowest BCUT2D eigenvalue weighted by molar-refractivity contribution is -0.0776. The Morgan fingerprint density at radius 3 is 3.00 bits per heavy atom. The molecule has 0 aliphatic carbocycles. The molecular formula is C13H14FN7O3S. The second-order valence-corrected chi connectivity index (χ2v) is 5.87. The van der Waals surface area contributed by atoms with Crippen LogP contribution in [0.15, 0.2) is 16.7 Å². The van der Waals surface area contributed by atoms with Crippen molar-refractivity contribution in [3.8, 4) is 12.3 Å². The number of ether oxygens (including phenoxy) is 1. The molecule has 3 heterocycles. The average molecular weight is 367 g/mol. The molecule has 1 saturated heterocycles. The molecule has 12 heteroatoms. The van der Waals surface area contributed by atoms with Gasteiger partial charge in [-0.1, -0.05) is 28.5 Å². The van der Waals surface area contributed by atoms with E-state index in [4.69, 9.17) is 29.2 Å². The van der Waals surface area contributed by atoms with Gasteiger partial charge in [-0.25, -0.2) is 9.37 Å². The largest absolute Gasteiger partial charge is 0.391 e. The maximum absolute atomic E-state index is 15.3. The number of alkyl halides is 1. The van der Waals surface area contributed by atoms with Crippen LogP contribution in [0, 0.1) is 17.0 Å². The molecule has 0 amide bonds. The second kappa shape index (κ2) is 6.12. The Bertz CT molecular complexity index is 936. The number of aliphatic hydroxyl groups is 2. The first-order valence-corrected chi connectivity index (χ1v) is 7.50. The van der Waals surface area contributed by atoms with Crippen LogP contribution in [0.25, 0.3) is 11.2 Å². The molecule has 5 N–H and O–H groups in total. The predicted molar refractivity (Wildman–Crippen MR) is 85.7 cm³/mol. The molecule has 1 unspecified atom stereocenters. The first-order valence-electron chi connectivity index (χ1n) is 7.09. The van der Waals surface area contributed by atoms with Gasteiger partial charge in [0.15, 0.2) is 10.9 Å². The van der Waals surface area contributed by atoms with E-state index in [9.17, 15) is 10.2 Å². The number of hydrogen-bond donors (Lipinski definition) is 4. The number of terminal acetylenes is 1. The number of rotatable bonds is 3. The summed E-state index contributed by atoms with van der Waals surface area (Å²) in [5.41, 5.74) is -2.17. The van der Waals surface area contributed by atoms with Crippen LogP contribution in [0.2, 0.25) is 0 Å². The van der Waals surface area contributed by atoms with Crippen LogP contribution >= 0.6 is 12.2 Å². The summed E-state index contributed by atoms with van der Waals surface area (Å²) in [7, 11) is 0. The number of imidazole rings is 1. The molecule has 0 radical (unpaired) electrons. The van der Waals surface area contributed by atoms with Crippen molar-refractivity contribution in [2.75, 3.05) is 0 Å². The molecule has 0 saturated carbocycles. The van der Waals surface area contributed by atoms with Gasteiger partial charge < -0.3 is 25.8 Å². The van der Waals surface area contributed by atoms with Crippen molar-refractivity contribution in [3.63, 3.8) is 0 Å². The standard InChI is InChI=1S/C13H14FN7O3S/c1-3-13(14)8(23)7(5(2)22)24-11(13)21-4-16-6-9(21)17-12(19-20-15)18-10(6)25/h1,4-5,7-8,11,22-23H,2H3,(H3,15,17,18,19,25)/t5-,7+,8?,11+,13+/m0/s1. The summed E-state index contributed by atoms with van der Waals surface area (Å²) in [6.07, 6.45) is 0.941. The molecular weight excluding hydrogens is 353 g/mol. The zero-order chi connectivity index (χ0) is 18.4. The van der Waals surface area contributed by atoms with Gasteiger partial charge in [-0.3, -0.25) is 4.57 Å². The number of nitrogens with one attached hydrogen (secondary N) is 1. The van der Waals surface area contributed by atoms with Crippen LogP contribution in [0.5, 0.6) is 0 Å². The normalized spacial score (nSPS) is 30.8. The summed E-state index contributed by atoms with van der Waals surface area (Å²) in [4.78, 5) is 10.7. The van der Waals surface area contributed by atoms with E-state index in [1.807, 2.05) is 5.92 Å². The highest BCUT2D eigenvalue weighted by molar-refractivity contribution is 7.71. The lowest BCUT2D eigenvalue weighted by Crippen LogP contribution is -2.43. The fraction of sp³-hybridized carbons (Fsp3) is 0.462. The van der Waals surface area contributed by atoms with E-state index >= 15 is 4.39 Å². The van der Waals surface area contributed by atoms with E-state index in [0.29, 0.717) is 0 Å². The van der Waals surface area contributed by atoms with Gasteiger partial charge in [-0.15, -0.1) is 6.42 Å². The minimum absolute atomic E-state index is 0.0301. The summed E-state index contributed by atoms with van der Waals surface area (Å²) in [6.45, 7) is 1.36. The molecule has 1 aliphatic heterocycles. The topological polar surface area (TPSA) is 147 Å². The second-order valence-electron chi connectivity index (χ2n) is 5.48. The van der Waals surface area contributed by atoms with Crippen LogP contribution in [-0.4, -0.2) is 53.7 Å². The summed E-state index contributed by atoms with van der Waals surface area (Å²) in [6, 6.07) is 0. The maximum Gasteiger partial charge on any atom is 0.251 e. The van der Waals surface area contributed by atoms with Gasteiger partial charge >= 0.3 is 0 Å². The van der Waals surface area contributed by atoms with Crippen molar-refractivity contribution < 1.29 is 19.3 Å². The molecule has 25 heavy (non-hydrogen) atoms. The fourth-order valence-corrected chi connectivity index (χ4v) is 2.95. The van der Waals surface area contributed by atoms with E-state index < -0.39 is 30.2 Å². The van der Waals surface area contributed by atoms with Crippen LogP contribution in [0.4, 0.5) is 10.3 Å². The quantitative estimate of drug-likeness (QED) is 0.202. The summed E-state index contributed by atoms with van der Waals surface area (Å²) in [5.74, 6) is 6.88. The van der Waals surface area contributed by atoms with Gasteiger partial charge in [-0.05, 0) is 6.92 Å². The third kappa shape index (κ3) is 2.57. The van der Waals surface area contributed by atoms with E-state index in [1.54, 1.807) is 0 Å². The predicted octanol–water partition coefficient (Wildman–Crippen LogP) is 0.427. The molecule has 2 aromatic heterocycles. The van der Waals surface area contributed by atoms with Crippen molar-refractivity contribution in [3.05, 3.63) is 11.0 Å². The molecule has 2 aromatic rings. The Kier molecular flexibility index (Phi) is 4.25. The minimum Gasteiger partial charge on any atom is -0.391 e. The van der Waals surface area contributed by atoms with Gasteiger partial charge in [0.1, 0.15) is 23.4 Å². The van der Waals surface area contributed by atoms with Gasteiger partial charge in [0.2, 0.25) is 5.67 Å². The molecule has 0 bridgehead atoms. The third-order valence-electron chi connectivity index (χ3n) is 3.92. The van der Waals surface area contributed by atoms with E-state index in [0.717, 1.165) is 0 Å². The molecule has 10 nitrogen and oxygen atoms in total. The summed E-state index contributed by atoms with van der Waals surface area (Å²) < 4.78 is 22.0. The first kappa shape index (κ1) is 17.4. The molecule has 1 fully saturated rings. The fourth-order valence-electron chi connectivity index (χ4n) is 2.71. The van der Waals surface area contributed by atoms with E-state index in [1.165, 1.54) is 17.8 Å². The number of fused-ring (bicyclic) bond motifs is 1. The number of aromatic amines is 1. The highest BCUT2D eigenvalue weighted by Crippen LogP contribution is 2.43. The number of aliphatic hydroxyl groups excluding tert-OH is 2. The molecule has 0 spiro atoms. The van der Waals surface area contributed by atoms with E-state index in [2.05, 4.69) is 25.3 Å². The number of hydrogen-bond acceptors (Lipinski definition) is 8. The van der Waals surface area contributed by atoms with Crippen molar-refractivity contribution >= 4 is 29.3 Å². The van der Waals surface area contributed by atoms with Crippen LogP contribution in [-0.2, 0) is 4.74 Å². The molecule has 3 rings (SSSR count). The Morgan fingerprint density at radius 2 is 2.40 bits per heavy atom. The maximum atomic E-state index is 15.3. The van der Waals surface area contributed by atoms with Crippen molar-refractivity contribution in [1.29, 1.82) is 0 Å². The molecule has 132 valence electrons. The number of nitrogens with zero attached hydrogens (tertiary/aromatic N) is 5. The SMILES string of the molecule is C#C[C@@]1(F)C(O)[C@@H]([C@H](C)O)O[C@H]1n1cnc2c(=S)nc(N=NN)[nH]c21. The van der Waals surface area contributed by atoms with Crippen LogP contribution in [0.3, 0.4) is 0 Å². The zero-order valence-corrected chi connectivity index (χ0v) is 13.7. The number of halogens is 1. The van der Waals surface area contributed by atoms with Crippen molar-refractivity contribution in [2.45, 2.75) is 37.1 Å². The minimum atomic E-state index is -2.61. The Morgan fingerprint density at radius 1 is 1.68 bits per heavy atom. The number of nitrogens with two attached hydrogens (primary N) is 1. The number of aromatic nitrogens is 4. The Hall–Kier alpha value is -2.46. The highest BCUT2D eigenvalue weighted by Gasteiger charge is 2.59. The number of H-pyrrole nitrogens is 1. The first-order chi connectivity index (χ1) is 11.8. The van der Waals surface area contributed by atoms with Gasteiger partial charge in [0.05, 0.1) is 12.4 Å². The average Bonchev–Trinajstić information content (AvgIpc) is 3.09. The highest BCUT2D eigenvalue weighted by atomic mass is 32.1. The molecule has 1 aliphatic rings. The van der Waals surface area contributed by atoms with Crippen LogP contribution < -0.4 is 5.84 Å². The lowest BCUT2D eigenvalue weighted by atomic mass is 9.95. The van der Waals surface area contributed by atoms with Crippen molar-refractivity contribution in [2.24, 2.45) is 16.2 Å². The van der Waals surface area contributed by atoms with Crippen molar-refractivity contribution in [1.82, 2.24) is 19.5 Å². The monoisotopic (exact) mass is 367 g/mol. The molecule has 5 atom stereocenters. The van der Waals surface area contributed by atoms with Gasteiger partial charge in [0.25, 0.3) is 5.95 Å². The van der Waals surface area contributed by atoms with Gasteiger partial charge in [0, 0.05) is 0 Å². The van der Waals surface area contributed by atoms with E-state index in [-0.39, 0.29) is 21.8 Å². The zero-order valence-electron chi connectivity index (χ0n) is 12.9. The molecule has 0 aromatic carbocycles. The Balaban J connectivity index is 2.18. The van der Waals surface area contributed by atoms with Gasteiger partial charge in [-0.2, -0.15) is 4.98 Å². The van der Waals surface area contributed by atoms with Crippen LogP contribution in [0.1, 0.15) is 13.2 Å². The summed E-state index contributed by atoms with van der Waals surface area (Å²) in [5, 5.41) is 26.5. The smallest absolute Gasteiger partial charge is 0.251 e.